The third-order valence-electron chi connectivity index (χ3n) is 4.36. The molecule has 2 aromatic rings. The van der Waals surface area contributed by atoms with E-state index in [0.29, 0.717) is 26.8 Å². The maximum atomic E-state index is 12.0. The average Bonchev–Trinajstić information content (AvgIpc) is 3.17. The molecule has 0 fully saturated rings. The van der Waals surface area contributed by atoms with Crippen molar-refractivity contribution in [3.05, 3.63) is 59.7 Å². The van der Waals surface area contributed by atoms with Crippen LogP contribution in [-0.2, 0) is 6.42 Å². The van der Waals surface area contributed by atoms with E-state index in [1.807, 2.05) is 0 Å². The van der Waals surface area contributed by atoms with Gasteiger partial charge in [0.15, 0.2) is 0 Å². The minimum atomic E-state index is -0.128. The average molecular weight is 474 g/mol. The molecule has 1 heterocycles. The number of hydrogen-bond acceptors (Lipinski definition) is 3. The molecule has 1 aromatic carbocycles. The van der Waals surface area contributed by atoms with Gasteiger partial charge in [-0.3, -0.25) is 4.79 Å². The molecule has 0 spiro atoms. The van der Waals surface area contributed by atoms with Gasteiger partial charge in [-0.15, -0.1) is 11.3 Å². The van der Waals surface area contributed by atoms with E-state index >= 15 is 0 Å². The van der Waals surface area contributed by atoms with E-state index in [1.165, 1.54) is 28.0 Å². The molecule has 7 heteroatoms. The molecular weight excluding hydrogens is 455 g/mol. The summed E-state index contributed by atoms with van der Waals surface area (Å²) >= 11 is 16.5. The molecule has 1 amide bonds. The van der Waals surface area contributed by atoms with E-state index in [0.717, 1.165) is 23.9 Å². The lowest BCUT2D eigenvalue weighted by molar-refractivity contribution is 0.0957. The summed E-state index contributed by atoms with van der Waals surface area (Å²) < 4.78 is 1.56. The summed E-state index contributed by atoms with van der Waals surface area (Å²) in [5, 5.41) is 6.85. The molecular formula is C19H19BrCl2N2OS. The van der Waals surface area contributed by atoms with Gasteiger partial charge >= 0.3 is 0 Å². The van der Waals surface area contributed by atoms with E-state index < -0.39 is 0 Å². The number of nitrogens with one attached hydrogen (secondary N) is 2. The number of benzene rings is 1. The van der Waals surface area contributed by atoms with Gasteiger partial charge in [0.25, 0.3) is 5.91 Å². The lowest BCUT2D eigenvalue weighted by Crippen LogP contribution is -2.32. The van der Waals surface area contributed by atoms with Crippen molar-refractivity contribution < 1.29 is 4.79 Å². The van der Waals surface area contributed by atoms with Crippen molar-refractivity contribution in [1.82, 2.24) is 10.6 Å². The van der Waals surface area contributed by atoms with Gasteiger partial charge in [0.1, 0.15) is 4.34 Å². The summed E-state index contributed by atoms with van der Waals surface area (Å²) in [6.07, 6.45) is 4.12. The number of rotatable bonds is 7. The van der Waals surface area contributed by atoms with Crippen molar-refractivity contribution in [3.8, 4) is 0 Å². The molecule has 138 valence electrons. The van der Waals surface area contributed by atoms with Crippen molar-refractivity contribution in [1.29, 1.82) is 0 Å². The first-order valence-electron chi connectivity index (χ1n) is 8.39. The van der Waals surface area contributed by atoms with Crippen molar-refractivity contribution in [2.24, 2.45) is 0 Å². The summed E-state index contributed by atoms with van der Waals surface area (Å²) in [5.41, 5.74) is 4.06. The SMILES string of the molecule is CC(NCCCNC(=O)c1cc(Cl)c(Cl)s1)C1=Cc2cc(Br)ccc2C1. The van der Waals surface area contributed by atoms with Crippen molar-refractivity contribution in [3.63, 3.8) is 0 Å². The summed E-state index contributed by atoms with van der Waals surface area (Å²) in [5.74, 6) is -0.128. The first-order valence-corrected chi connectivity index (χ1v) is 10.8. The van der Waals surface area contributed by atoms with Crippen LogP contribution in [-0.4, -0.2) is 25.0 Å². The minimum absolute atomic E-state index is 0.128. The molecule has 0 saturated heterocycles. The third-order valence-corrected chi connectivity index (χ3v) is 6.72. The first kappa shape index (κ1) is 19.9. The van der Waals surface area contributed by atoms with E-state index in [1.54, 1.807) is 6.07 Å². The summed E-state index contributed by atoms with van der Waals surface area (Å²) in [7, 11) is 0. The highest BCUT2D eigenvalue weighted by atomic mass is 79.9. The summed E-state index contributed by atoms with van der Waals surface area (Å²) in [6.45, 7) is 3.63. The number of carbonyl (C=O) groups is 1. The van der Waals surface area contributed by atoms with E-state index in [2.05, 4.69) is 57.8 Å². The van der Waals surface area contributed by atoms with Gasteiger partial charge in [-0.1, -0.05) is 51.3 Å². The topological polar surface area (TPSA) is 41.1 Å². The van der Waals surface area contributed by atoms with Crippen LogP contribution < -0.4 is 10.6 Å². The maximum absolute atomic E-state index is 12.0. The van der Waals surface area contributed by atoms with Crippen LogP contribution in [0.25, 0.3) is 6.08 Å². The second-order valence-electron chi connectivity index (χ2n) is 6.26. The third kappa shape index (κ3) is 4.90. The van der Waals surface area contributed by atoms with Gasteiger partial charge in [0.05, 0.1) is 9.90 Å². The molecule has 1 aromatic heterocycles. The molecule has 2 N–H and O–H groups in total. The zero-order valence-electron chi connectivity index (χ0n) is 14.2. The Balaban J connectivity index is 1.39. The Morgan fingerprint density at radius 1 is 1.31 bits per heavy atom. The molecule has 1 aliphatic rings. The number of amides is 1. The molecule has 1 atom stereocenters. The number of halogens is 3. The monoisotopic (exact) mass is 472 g/mol. The Morgan fingerprint density at radius 2 is 2.12 bits per heavy atom. The van der Waals surface area contributed by atoms with E-state index in [4.69, 9.17) is 23.2 Å². The van der Waals surface area contributed by atoms with Gasteiger partial charge in [-0.2, -0.15) is 0 Å². The summed E-state index contributed by atoms with van der Waals surface area (Å²) in [6, 6.07) is 8.34. The molecule has 0 aliphatic heterocycles. The first-order chi connectivity index (χ1) is 12.4. The molecule has 26 heavy (non-hydrogen) atoms. The van der Waals surface area contributed by atoms with Crippen LogP contribution in [0, 0.1) is 0 Å². The number of carbonyl (C=O) groups excluding carboxylic acids is 1. The number of fused-ring (bicyclic) bond motifs is 1. The Morgan fingerprint density at radius 3 is 2.85 bits per heavy atom. The molecule has 1 unspecified atom stereocenters. The summed E-state index contributed by atoms with van der Waals surface area (Å²) in [4.78, 5) is 12.6. The fourth-order valence-electron chi connectivity index (χ4n) is 2.90. The molecule has 0 saturated carbocycles. The van der Waals surface area contributed by atoms with Gasteiger partial charge < -0.3 is 10.6 Å². The quantitative estimate of drug-likeness (QED) is 0.517. The largest absolute Gasteiger partial charge is 0.351 e. The molecule has 3 rings (SSSR count). The van der Waals surface area contributed by atoms with Crippen molar-refractivity contribution >= 4 is 62.5 Å². The van der Waals surface area contributed by atoms with Crippen molar-refractivity contribution in [2.45, 2.75) is 25.8 Å². The standard InChI is InChI=1S/C19H19BrCl2N2OS/c1-11(13-7-12-3-4-15(20)9-14(12)8-13)23-5-2-6-24-19(25)17-10-16(21)18(22)26-17/h3-4,8-11,23H,2,5-7H2,1H3,(H,24,25). The Bertz CT molecular complexity index is 831. The minimum Gasteiger partial charge on any atom is -0.351 e. The highest BCUT2D eigenvalue weighted by Gasteiger charge is 2.17. The predicted molar refractivity (Wildman–Crippen MR) is 115 cm³/mol. The Hall–Kier alpha value is -0.850. The second kappa shape index (κ2) is 8.89. The maximum Gasteiger partial charge on any atom is 0.261 e. The van der Waals surface area contributed by atoms with E-state index in [9.17, 15) is 4.79 Å². The smallest absolute Gasteiger partial charge is 0.261 e. The number of hydrogen-bond donors (Lipinski definition) is 2. The van der Waals surface area contributed by atoms with Gasteiger partial charge in [0.2, 0.25) is 0 Å². The van der Waals surface area contributed by atoms with Gasteiger partial charge in [-0.05, 0) is 61.2 Å². The molecule has 0 bridgehead atoms. The van der Waals surface area contributed by atoms with Crippen LogP contribution in [0.4, 0.5) is 0 Å². The highest BCUT2D eigenvalue weighted by molar-refractivity contribution is 9.10. The number of thiophene rings is 1. The second-order valence-corrected chi connectivity index (χ2v) is 9.23. The lowest BCUT2D eigenvalue weighted by Gasteiger charge is -2.15. The van der Waals surface area contributed by atoms with Crippen molar-refractivity contribution in [2.75, 3.05) is 13.1 Å². The predicted octanol–water partition coefficient (Wildman–Crippen LogP) is 5.56. The van der Waals surface area contributed by atoms with Crippen LogP contribution in [0.3, 0.4) is 0 Å². The van der Waals surface area contributed by atoms with Gasteiger partial charge in [-0.25, -0.2) is 0 Å². The molecule has 3 nitrogen and oxygen atoms in total. The fraction of sp³-hybridized carbons (Fsp3) is 0.316. The van der Waals surface area contributed by atoms with Crippen LogP contribution >= 0.6 is 50.5 Å². The molecule has 1 aliphatic carbocycles. The van der Waals surface area contributed by atoms with Crippen LogP contribution in [0.5, 0.6) is 0 Å². The normalized spacial score (nSPS) is 14.1. The van der Waals surface area contributed by atoms with Crippen LogP contribution in [0.15, 0.2) is 34.3 Å². The van der Waals surface area contributed by atoms with E-state index in [-0.39, 0.29) is 5.91 Å². The lowest BCUT2D eigenvalue weighted by atomic mass is 10.1. The molecule has 0 radical (unpaired) electrons. The zero-order valence-corrected chi connectivity index (χ0v) is 18.2. The van der Waals surface area contributed by atoms with Gasteiger partial charge in [0, 0.05) is 17.1 Å². The zero-order chi connectivity index (χ0) is 18.7. The Labute approximate surface area is 175 Å². The Kier molecular flexibility index (Phi) is 6.81. The highest BCUT2D eigenvalue weighted by Crippen LogP contribution is 2.31. The van der Waals surface area contributed by atoms with Crippen LogP contribution in [0.2, 0.25) is 9.36 Å². The van der Waals surface area contributed by atoms with Crippen LogP contribution in [0.1, 0.15) is 34.1 Å². The fourth-order valence-corrected chi connectivity index (χ4v) is 4.56.